The average Bonchev–Trinajstić information content (AvgIpc) is 3.38. The van der Waals surface area contributed by atoms with Crippen molar-refractivity contribution in [3.8, 4) is 0 Å². The van der Waals surface area contributed by atoms with Crippen LogP contribution in [0.25, 0.3) is 11.0 Å². The zero-order valence-electron chi connectivity index (χ0n) is 19.4. The predicted octanol–water partition coefficient (Wildman–Crippen LogP) is 1.89. The largest absolute Gasteiger partial charge is 0.462 e. The maximum absolute atomic E-state index is 13.6. The molecule has 0 spiro atoms. The van der Waals surface area contributed by atoms with E-state index in [1.165, 1.54) is 16.9 Å². The lowest BCUT2D eigenvalue weighted by atomic mass is 9.96. The fraction of sp³-hybridized carbons (Fsp3) is 0.360. The zero-order chi connectivity index (χ0) is 24.6. The number of anilines is 1. The summed E-state index contributed by atoms with van der Waals surface area (Å²) >= 11 is 0. The van der Waals surface area contributed by atoms with Gasteiger partial charge in [-0.1, -0.05) is 24.3 Å². The third kappa shape index (κ3) is 3.61. The Morgan fingerprint density at radius 2 is 1.80 bits per heavy atom. The van der Waals surface area contributed by atoms with E-state index in [9.17, 15) is 19.2 Å². The van der Waals surface area contributed by atoms with Crippen molar-refractivity contribution in [2.45, 2.75) is 31.5 Å². The molecule has 0 unspecified atom stereocenters. The number of aryl methyl sites for hydroxylation is 1. The minimum absolute atomic E-state index is 0.0303. The Hall–Kier alpha value is -3.92. The third-order valence-corrected chi connectivity index (χ3v) is 6.66. The number of ether oxygens (including phenoxy) is 2. The molecule has 2 aliphatic rings. The highest BCUT2D eigenvalue weighted by Crippen LogP contribution is 2.45. The molecular weight excluding hydrogens is 452 g/mol. The van der Waals surface area contributed by atoms with Gasteiger partial charge in [0.2, 0.25) is 11.6 Å². The predicted molar refractivity (Wildman–Crippen MR) is 127 cm³/mol. The normalized spacial score (nSPS) is 19.2. The fourth-order valence-electron chi connectivity index (χ4n) is 5.07. The van der Waals surface area contributed by atoms with Gasteiger partial charge >= 0.3 is 11.7 Å². The summed E-state index contributed by atoms with van der Waals surface area (Å²) in [5.74, 6) is -1.24. The van der Waals surface area contributed by atoms with Crippen molar-refractivity contribution < 1.29 is 23.9 Å². The number of hydrogen-bond acceptors (Lipinski definition) is 6. The monoisotopic (exact) mass is 478 g/mol. The van der Waals surface area contributed by atoms with Crippen LogP contribution in [0.1, 0.15) is 29.6 Å². The number of hydrogen-bond donors (Lipinski definition) is 1. The van der Waals surface area contributed by atoms with Crippen LogP contribution in [0, 0.1) is 0 Å². The van der Waals surface area contributed by atoms with Gasteiger partial charge in [-0.05, 0) is 30.7 Å². The Kier molecular flexibility index (Phi) is 5.89. The van der Waals surface area contributed by atoms with Gasteiger partial charge in [0.15, 0.2) is 0 Å². The molecule has 1 fully saturated rings. The summed E-state index contributed by atoms with van der Waals surface area (Å²) in [5.41, 5.74) is 0.497. The van der Waals surface area contributed by atoms with Crippen molar-refractivity contribution >= 4 is 34.5 Å². The molecule has 2 aromatic carbocycles. The summed E-state index contributed by atoms with van der Waals surface area (Å²) in [4.78, 5) is 57.9. The maximum atomic E-state index is 13.6. The molecule has 3 heterocycles. The van der Waals surface area contributed by atoms with E-state index in [-0.39, 0.29) is 50.1 Å². The molecule has 2 amide bonds. The molecule has 3 aromatic rings. The molecule has 1 N–H and O–H groups in total. The molecular formula is C25H26N4O6. The molecule has 2 aliphatic heterocycles. The number of para-hydroxylation sites is 3. The minimum Gasteiger partial charge on any atom is -0.462 e. The first-order valence-corrected chi connectivity index (χ1v) is 11.6. The number of nitrogens with one attached hydrogen (secondary N) is 1. The van der Waals surface area contributed by atoms with Crippen LogP contribution in [0.5, 0.6) is 0 Å². The number of carbonyl (C=O) groups excluding carboxylic acids is 3. The van der Waals surface area contributed by atoms with Gasteiger partial charge in [-0.15, -0.1) is 0 Å². The number of carbonyl (C=O) groups is 3. The number of amides is 2. The van der Waals surface area contributed by atoms with E-state index in [4.69, 9.17) is 9.47 Å². The number of esters is 1. The highest BCUT2D eigenvalue weighted by Gasteiger charge is 2.61. The van der Waals surface area contributed by atoms with E-state index < -0.39 is 11.6 Å². The number of imidazole rings is 1. The van der Waals surface area contributed by atoms with Crippen LogP contribution in [0.15, 0.2) is 53.3 Å². The first-order valence-electron chi connectivity index (χ1n) is 11.6. The molecule has 1 aromatic heterocycles. The second-order valence-corrected chi connectivity index (χ2v) is 8.60. The van der Waals surface area contributed by atoms with E-state index in [2.05, 4.69) is 4.98 Å². The Morgan fingerprint density at radius 3 is 2.63 bits per heavy atom. The van der Waals surface area contributed by atoms with E-state index in [1.807, 2.05) is 24.3 Å². The number of methoxy groups -OCH3 is 1. The fourth-order valence-corrected chi connectivity index (χ4v) is 5.07. The SMILES string of the molecule is COCCN1C(=O)c2ccccc2N2C(=O)CC[C@]12C(=O)OCCCn1c(=O)[nH]c2ccccc21. The van der Waals surface area contributed by atoms with Crippen molar-refractivity contribution in [2.75, 3.05) is 31.8 Å². The van der Waals surface area contributed by atoms with Gasteiger partial charge in [0.25, 0.3) is 5.91 Å². The van der Waals surface area contributed by atoms with Crippen LogP contribution < -0.4 is 10.6 Å². The summed E-state index contributed by atoms with van der Waals surface area (Å²) in [6, 6.07) is 14.2. The lowest BCUT2D eigenvalue weighted by molar-refractivity contribution is -0.157. The Balaban J connectivity index is 1.38. The number of aromatic nitrogens is 2. The molecule has 0 radical (unpaired) electrons. The highest BCUT2D eigenvalue weighted by atomic mass is 16.5. The van der Waals surface area contributed by atoms with Gasteiger partial charge in [0.05, 0.1) is 35.5 Å². The van der Waals surface area contributed by atoms with Crippen LogP contribution in [-0.4, -0.2) is 64.8 Å². The summed E-state index contributed by atoms with van der Waals surface area (Å²) in [6.07, 6.45) is 0.640. The van der Waals surface area contributed by atoms with E-state index in [1.54, 1.807) is 28.8 Å². The number of fused-ring (bicyclic) bond motifs is 4. The van der Waals surface area contributed by atoms with Crippen molar-refractivity contribution in [1.82, 2.24) is 14.5 Å². The first-order chi connectivity index (χ1) is 17.0. The Labute approximate surface area is 201 Å². The summed E-state index contributed by atoms with van der Waals surface area (Å²) < 4.78 is 12.4. The molecule has 182 valence electrons. The van der Waals surface area contributed by atoms with Crippen LogP contribution in [0.4, 0.5) is 5.69 Å². The molecule has 35 heavy (non-hydrogen) atoms. The van der Waals surface area contributed by atoms with E-state index in [0.29, 0.717) is 24.2 Å². The van der Waals surface area contributed by atoms with Crippen molar-refractivity contribution in [1.29, 1.82) is 0 Å². The summed E-state index contributed by atoms with van der Waals surface area (Å²) in [6.45, 7) is 0.713. The van der Waals surface area contributed by atoms with Crippen molar-refractivity contribution in [3.05, 3.63) is 64.6 Å². The third-order valence-electron chi connectivity index (χ3n) is 6.66. The molecule has 1 saturated heterocycles. The quantitative estimate of drug-likeness (QED) is 0.391. The average molecular weight is 479 g/mol. The molecule has 0 aliphatic carbocycles. The van der Waals surface area contributed by atoms with Gasteiger partial charge in [-0.25, -0.2) is 9.59 Å². The number of rotatable bonds is 8. The molecule has 0 bridgehead atoms. The lowest BCUT2D eigenvalue weighted by Crippen LogP contribution is -2.69. The Morgan fingerprint density at radius 1 is 1.03 bits per heavy atom. The topological polar surface area (TPSA) is 114 Å². The van der Waals surface area contributed by atoms with Gasteiger partial charge in [-0.3, -0.25) is 19.1 Å². The lowest BCUT2D eigenvalue weighted by Gasteiger charge is -2.48. The zero-order valence-corrected chi connectivity index (χ0v) is 19.4. The highest BCUT2D eigenvalue weighted by molar-refractivity contribution is 6.15. The summed E-state index contributed by atoms with van der Waals surface area (Å²) in [5, 5.41) is 0. The van der Waals surface area contributed by atoms with Gasteiger partial charge in [-0.2, -0.15) is 0 Å². The minimum atomic E-state index is -1.56. The molecule has 1 atom stereocenters. The number of aromatic amines is 1. The van der Waals surface area contributed by atoms with Crippen molar-refractivity contribution in [3.63, 3.8) is 0 Å². The van der Waals surface area contributed by atoms with Gasteiger partial charge in [0.1, 0.15) is 0 Å². The Bertz CT molecular complexity index is 1360. The van der Waals surface area contributed by atoms with E-state index >= 15 is 0 Å². The van der Waals surface area contributed by atoms with Crippen molar-refractivity contribution in [2.24, 2.45) is 0 Å². The number of benzene rings is 2. The van der Waals surface area contributed by atoms with Gasteiger partial charge < -0.3 is 19.4 Å². The van der Waals surface area contributed by atoms with Crippen LogP contribution >= 0.6 is 0 Å². The van der Waals surface area contributed by atoms with Gasteiger partial charge in [0, 0.05) is 33.0 Å². The second-order valence-electron chi connectivity index (χ2n) is 8.60. The molecule has 10 heteroatoms. The van der Waals surface area contributed by atoms with Crippen LogP contribution in [0.3, 0.4) is 0 Å². The standard InChI is InChI=1S/C25H26N4O6/c1-34-16-14-28-22(31)17-7-2-4-9-19(17)29-21(30)11-12-25(28,29)23(32)35-15-6-13-27-20-10-5-3-8-18(20)26-24(27)33/h2-5,7-10H,6,11-16H2,1H3,(H,26,33)/t25-/m0/s1. The van der Waals surface area contributed by atoms with E-state index in [0.717, 1.165) is 11.0 Å². The molecule has 10 nitrogen and oxygen atoms in total. The number of nitrogens with zero attached hydrogens (tertiary/aromatic N) is 3. The first kappa shape index (κ1) is 22.9. The second kappa shape index (κ2) is 9.03. The smallest absolute Gasteiger partial charge is 0.353 e. The molecule has 5 rings (SSSR count). The summed E-state index contributed by atoms with van der Waals surface area (Å²) in [7, 11) is 1.51. The van der Waals surface area contributed by atoms with Crippen LogP contribution in [-0.2, 0) is 25.6 Å². The maximum Gasteiger partial charge on any atom is 0.353 e. The number of H-pyrrole nitrogens is 1. The molecule has 0 saturated carbocycles. The van der Waals surface area contributed by atoms with Crippen LogP contribution in [0.2, 0.25) is 0 Å².